The van der Waals surface area contributed by atoms with Gasteiger partial charge in [-0.3, -0.25) is 0 Å². The third-order valence-corrected chi connectivity index (χ3v) is 23.5. The number of phenols is 8. The second kappa shape index (κ2) is 44.6. The minimum absolute atomic E-state index is 0.00139. The number of halogens is 2. The number of phenolic OH excluding ortho intramolecular Hbond substituents is 8. The van der Waals surface area contributed by atoms with Crippen molar-refractivity contribution in [3.8, 4) is 51.7 Å². The summed E-state index contributed by atoms with van der Waals surface area (Å²) in [5.41, 5.74) is 23.7. The molecule has 0 aliphatic rings. The minimum Gasteiger partial charge on any atom is -0.508 e. The van der Waals surface area contributed by atoms with Crippen molar-refractivity contribution >= 4 is 28.8 Å². The van der Waals surface area contributed by atoms with Gasteiger partial charge in [0.15, 0.2) is 0 Å². The van der Waals surface area contributed by atoms with E-state index in [1.807, 2.05) is 134 Å². The molecule has 0 saturated carbocycles. The fourth-order valence-corrected chi connectivity index (χ4v) is 14.9. The number of hydrogen-bond donors (Lipinski definition) is 8. The molecule has 0 spiro atoms. The zero-order valence-corrected chi connectivity index (χ0v) is 75.0. The predicted octanol–water partition coefficient (Wildman–Crippen LogP) is 28.7. The Hall–Kier alpha value is -13.2. The third kappa shape index (κ3) is 26.2. The summed E-state index contributed by atoms with van der Waals surface area (Å²) in [5, 5.41) is 75.4. The van der Waals surface area contributed by atoms with Gasteiger partial charge in [0.2, 0.25) is 0 Å². The highest BCUT2D eigenvalue weighted by Crippen LogP contribution is 2.42. The van der Waals surface area contributed by atoms with Gasteiger partial charge in [0, 0.05) is 39.6 Å². The van der Waals surface area contributed by atoms with E-state index in [1.165, 1.54) is 89.0 Å². The average molecular weight is 1690 g/mol. The van der Waals surface area contributed by atoms with Crippen LogP contribution in [-0.4, -0.2) is 48.0 Å². The molecule has 3 unspecified atom stereocenters. The second-order valence-corrected chi connectivity index (χ2v) is 33.6. The maximum absolute atomic E-state index is 9.60. The molecule has 0 heterocycles. The molecule has 0 fully saturated rings. The van der Waals surface area contributed by atoms with Crippen LogP contribution in [0.4, 0.5) is 0 Å². The summed E-state index contributed by atoms with van der Waals surface area (Å²) in [4.78, 5) is 0. The van der Waals surface area contributed by atoms with Crippen LogP contribution >= 0.6 is 23.2 Å². The Morgan fingerprint density at radius 2 is 0.532 bits per heavy atom. The normalized spacial score (nSPS) is 12.0. The molecule has 0 aliphatic heterocycles. The number of hydrogen-bond acceptors (Lipinski definition) is 9. The summed E-state index contributed by atoms with van der Waals surface area (Å²) in [6.07, 6.45) is 1.57. The van der Waals surface area contributed by atoms with Crippen LogP contribution < -0.4 is 4.74 Å². The fraction of sp³-hybridized carbons (Fsp3) is 0.186. The molecule has 8 N–H and O–H groups in total. The summed E-state index contributed by atoms with van der Waals surface area (Å²) in [5.74, 6) is 3.51. The second-order valence-electron chi connectivity index (χ2n) is 32.6. The lowest BCUT2D eigenvalue weighted by atomic mass is 9.71. The molecular weight excluding hydrogens is 1570 g/mol. The number of benzene rings is 15. The van der Waals surface area contributed by atoms with Crippen molar-refractivity contribution in [2.45, 2.75) is 130 Å². The van der Waals surface area contributed by atoms with E-state index in [0.717, 1.165) is 40.0 Å². The van der Waals surface area contributed by atoms with Crippen LogP contribution in [0.3, 0.4) is 0 Å². The Bertz CT molecular complexity index is 5500. The van der Waals surface area contributed by atoms with E-state index in [2.05, 4.69) is 217 Å². The van der Waals surface area contributed by atoms with Crippen LogP contribution in [0.15, 0.2) is 375 Å². The maximum atomic E-state index is 9.60. The van der Waals surface area contributed by atoms with Gasteiger partial charge in [-0.2, -0.15) is 0 Å². The maximum Gasteiger partial charge on any atom is 0.119 e. The van der Waals surface area contributed by atoms with Gasteiger partial charge in [-0.15, -0.1) is 0 Å². The molecule has 9 nitrogen and oxygen atoms in total. The van der Waals surface area contributed by atoms with Crippen LogP contribution in [0.25, 0.3) is 5.57 Å². The van der Waals surface area contributed by atoms with Crippen LogP contribution in [0, 0.1) is 34.6 Å². The van der Waals surface area contributed by atoms with E-state index >= 15 is 0 Å². The highest BCUT2D eigenvalue weighted by molar-refractivity contribution is 6.59. The van der Waals surface area contributed by atoms with E-state index in [4.69, 9.17) is 27.9 Å². The monoisotopic (exact) mass is 1690 g/mol. The molecule has 15 aromatic carbocycles. The topological polar surface area (TPSA) is 171 Å². The number of aryl methyl sites for hydroxylation is 5. The lowest BCUT2D eigenvalue weighted by Crippen LogP contribution is -2.25. The van der Waals surface area contributed by atoms with Crippen molar-refractivity contribution in [2.75, 3.05) is 7.11 Å². The van der Waals surface area contributed by atoms with Crippen molar-refractivity contribution in [3.63, 3.8) is 0 Å². The summed E-state index contributed by atoms with van der Waals surface area (Å²) in [6, 6.07) is 120. The summed E-state index contributed by atoms with van der Waals surface area (Å²) in [6.45, 7) is 28.0. The first-order valence-electron chi connectivity index (χ1n) is 41.6. The number of rotatable bonds is 17. The van der Waals surface area contributed by atoms with E-state index < -0.39 is 0 Å². The highest BCUT2D eigenvalue weighted by atomic mass is 35.5. The summed E-state index contributed by atoms with van der Waals surface area (Å²) >= 11 is 11.9. The summed E-state index contributed by atoms with van der Waals surface area (Å²) in [7, 11) is 1.67. The number of methoxy groups -OCH3 is 1. The van der Waals surface area contributed by atoms with Gasteiger partial charge in [0.05, 0.1) is 7.11 Å². The standard InChI is InChI=1S/C21H20O.C17H20O.C16H18O2.C16H18O.C15H12Cl2O.C15H16O.C13H12O2/c1-16-8-10-18(11-9-16)21(2,17-6-4-3-5-7-17)19-12-14-20(22)15-13-19;1-4-17(3,14-7-5-13(2)6-8-14)15-9-11-16(18)12-10-15;1-16(2,12-4-8-14(17)9-5-12)13-6-10-15(18-3)11-7-13;1-12-4-6-13(7-5-12)16(2,3)14-8-10-15(17)11-9-14;1-10-2-4-11(5-3-10)14(15(16)17)12-6-8-13(18)9-7-12;1-11-3-5-13(6-4-11)12(2)14-7-9-15(16)10-8-14;14-12-7-3-1-5-10(12)9-11-6-2-4-8-13(11)15/h3-15,22H,1-2H3;5-12,18H,4H2,1-3H3;4-11,17H,1-3H3;4-11,17H,1-3H3;2-9,18H,1H3;3-10,12,16H,1-2H3;1-8,14-15H,9H2. The van der Waals surface area contributed by atoms with Gasteiger partial charge < -0.3 is 45.6 Å². The van der Waals surface area contributed by atoms with Crippen LogP contribution in [-0.2, 0) is 28.1 Å². The molecule has 0 amide bonds. The van der Waals surface area contributed by atoms with Gasteiger partial charge in [0.25, 0.3) is 0 Å². The third-order valence-electron chi connectivity index (χ3n) is 23.1. The average Bonchev–Trinajstić information content (AvgIpc) is 0.762. The zero-order valence-electron chi connectivity index (χ0n) is 73.5. The van der Waals surface area contributed by atoms with Crippen LogP contribution in [0.5, 0.6) is 51.7 Å². The first-order valence-corrected chi connectivity index (χ1v) is 42.4. The van der Waals surface area contributed by atoms with E-state index in [0.29, 0.717) is 41.1 Å². The summed E-state index contributed by atoms with van der Waals surface area (Å²) < 4.78 is 5.38. The van der Waals surface area contributed by atoms with Crippen molar-refractivity contribution in [3.05, 3.63) is 486 Å². The van der Waals surface area contributed by atoms with Gasteiger partial charge in [0.1, 0.15) is 56.2 Å². The number of para-hydroxylation sites is 2. The molecular formula is C113H116Cl2O9. The SMILES string of the molecule is CCC(C)(c1ccc(C)cc1)c1ccc(O)cc1.COc1ccc(C(C)(C)c2ccc(O)cc2)cc1.Cc1ccc(C(=C(Cl)Cl)c2ccc(O)cc2)cc1.Cc1ccc(C(C)(C)c2ccc(O)cc2)cc1.Cc1ccc(C(C)(c2ccccc2)c2ccc(O)cc2)cc1.Cc1ccc(C(C)c2ccc(O)cc2)cc1.Oc1ccccc1Cc1ccccc1O. The van der Waals surface area contributed by atoms with E-state index in [9.17, 15) is 40.9 Å². The molecule has 0 aliphatic carbocycles. The molecule has 0 bridgehead atoms. The van der Waals surface area contributed by atoms with Gasteiger partial charge in [-0.05, 0) is 228 Å². The number of aromatic hydroxyl groups is 8. The Labute approximate surface area is 744 Å². The van der Waals surface area contributed by atoms with Gasteiger partial charge >= 0.3 is 0 Å². The van der Waals surface area contributed by atoms with Crippen molar-refractivity contribution < 1.29 is 45.6 Å². The van der Waals surface area contributed by atoms with Crippen molar-refractivity contribution in [1.29, 1.82) is 0 Å². The first-order chi connectivity index (χ1) is 59.2. The quantitative estimate of drug-likeness (QED) is 0.0413. The van der Waals surface area contributed by atoms with Crippen molar-refractivity contribution in [1.82, 2.24) is 0 Å². The molecule has 11 heteroatoms. The largest absolute Gasteiger partial charge is 0.508 e. The smallest absolute Gasteiger partial charge is 0.119 e. The zero-order chi connectivity index (χ0) is 89.7. The van der Waals surface area contributed by atoms with Crippen molar-refractivity contribution in [2.24, 2.45) is 0 Å². The Morgan fingerprint density at radius 3 is 0.863 bits per heavy atom. The Balaban J connectivity index is 0.000000164. The van der Waals surface area contributed by atoms with Crippen LogP contribution in [0.2, 0.25) is 0 Å². The molecule has 124 heavy (non-hydrogen) atoms. The highest BCUT2D eigenvalue weighted by Gasteiger charge is 2.32. The molecule has 0 aromatic heterocycles. The molecule has 15 aromatic rings. The molecule has 3 atom stereocenters. The lowest BCUT2D eigenvalue weighted by Gasteiger charge is -2.32. The molecule has 0 radical (unpaired) electrons. The lowest BCUT2D eigenvalue weighted by molar-refractivity contribution is 0.414. The Kier molecular flexibility index (Phi) is 34.0. The predicted molar refractivity (Wildman–Crippen MR) is 515 cm³/mol. The first kappa shape index (κ1) is 94.7. The molecule has 0 saturated heterocycles. The fourth-order valence-electron chi connectivity index (χ4n) is 14.4. The molecule has 636 valence electrons. The van der Waals surface area contributed by atoms with Gasteiger partial charge in [-0.1, -0.05) is 372 Å². The number of ether oxygens (including phenoxy) is 1. The van der Waals surface area contributed by atoms with Crippen LogP contribution in [0.1, 0.15) is 179 Å². The molecule has 15 rings (SSSR count). The van der Waals surface area contributed by atoms with Gasteiger partial charge in [-0.25, -0.2) is 0 Å². The minimum atomic E-state index is -0.247. The Morgan fingerprint density at radius 1 is 0.290 bits per heavy atom. The van der Waals surface area contributed by atoms with E-state index in [-0.39, 0.29) is 43.4 Å². The van der Waals surface area contributed by atoms with E-state index in [1.54, 1.807) is 116 Å².